The number of para-hydroxylation sites is 1. The molecular weight excluding hydrogens is 304 g/mol. The van der Waals surface area contributed by atoms with Crippen LogP contribution < -0.4 is 10.1 Å². The number of nitrogens with one attached hydrogen (secondary N) is 1. The summed E-state index contributed by atoms with van der Waals surface area (Å²) in [5.41, 5.74) is 2.12. The normalized spacial score (nSPS) is 10.4. The molecule has 0 saturated carbocycles. The highest BCUT2D eigenvalue weighted by Crippen LogP contribution is 2.20. The van der Waals surface area contributed by atoms with Crippen LogP contribution in [0.15, 0.2) is 65.2 Å². The number of aromatic nitrogens is 1. The van der Waals surface area contributed by atoms with Crippen LogP contribution in [0.2, 0.25) is 0 Å². The molecule has 1 amide bonds. The van der Waals surface area contributed by atoms with Gasteiger partial charge in [0.1, 0.15) is 11.4 Å². The Morgan fingerprint density at radius 2 is 1.88 bits per heavy atom. The molecule has 1 heterocycles. The fourth-order valence-electron chi connectivity index (χ4n) is 2.34. The number of hydrogen-bond acceptors (Lipinski definition) is 4. The molecule has 0 saturated heterocycles. The van der Waals surface area contributed by atoms with Gasteiger partial charge in [-0.15, -0.1) is 0 Å². The van der Waals surface area contributed by atoms with Gasteiger partial charge in [-0.25, -0.2) is 0 Å². The number of rotatable bonds is 6. The number of hydrogen-bond donors (Lipinski definition) is 1. The lowest BCUT2D eigenvalue weighted by molar-refractivity contribution is 0.0946. The van der Waals surface area contributed by atoms with Crippen molar-refractivity contribution in [1.82, 2.24) is 10.5 Å². The van der Waals surface area contributed by atoms with Gasteiger partial charge < -0.3 is 14.6 Å². The molecular formula is C19H18N2O3. The standard InChI is InChI=1S/C19H18N2O3/c1-2-23-17-11-7-6-10-16(17)19(22)20-13-15-12-18(24-21-15)14-8-4-3-5-9-14/h3-12H,2,13H2,1H3,(H,20,22). The van der Waals surface area contributed by atoms with Gasteiger partial charge in [0.25, 0.3) is 5.91 Å². The average molecular weight is 322 g/mol. The predicted molar refractivity (Wildman–Crippen MR) is 90.7 cm³/mol. The molecule has 2 aromatic carbocycles. The Kier molecular flexibility index (Phi) is 4.91. The molecule has 0 aliphatic rings. The van der Waals surface area contributed by atoms with Crippen LogP contribution in [0.4, 0.5) is 0 Å². The molecule has 0 spiro atoms. The summed E-state index contributed by atoms with van der Waals surface area (Å²) in [7, 11) is 0. The highest BCUT2D eigenvalue weighted by atomic mass is 16.5. The molecule has 0 aliphatic carbocycles. The smallest absolute Gasteiger partial charge is 0.255 e. The van der Waals surface area contributed by atoms with Crippen LogP contribution in [-0.4, -0.2) is 17.7 Å². The van der Waals surface area contributed by atoms with E-state index in [0.717, 1.165) is 5.56 Å². The Balaban J connectivity index is 1.66. The van der Waals surface area contributed by atoms with Crippen molar-refractivity contribution in [2.45, 2.75) is 13.5 Å². The third-order valence-corrected chi connectivity index (χ3v) is 3.48. The number of benzene rings is 2. The van der Waals surface area contributed by atoms with E-state index in [1.54, 1.807) is 18.2 Å². The minimum absolute atomic E-state index is 0.205. The van der Waals surface area contributed by atoms with Gasteiger partial charge in [-0.3, -0.25) is 4.79 Å². The summed E-state index contributed by atoms with van der Waals surface area (Å²) in [6.45, 7) is 2.68. The molecule has 1 aromatic heterocycles. The van der Waals surface area contributed by atoms with Gasteiger partial charge in [-0.05, 0) is 19.1 Å². The Morgan fingerprint density at radius 1 is 1.12 bits per heavy atom. The first-order chi connectivity index (χ1) is 11.8. The van der Waals surface area contributed by atoms with Gasteiger partial charge in [0.15, 0.2) is 5.76 Å². The maximum atomic E-state index is 12.3. The van der Waals surface area contributed by atoms with Crippen LogP contribution in [0, 0.1) is 0 Å². The summed E-state index contributed by atoms with van der Waals surface area (Å²) in [5.74, 6) is 1.04. The van der Waals surface area contributed by atoms with Gasteiger partial charge in [-0.2, -0.15) is 0 Å². The first kappa shape index (κ1) is 15.8. The molecule has 0 aliphatic heterocycles. The van der Waals surface area contributed by atoms with E-state index in [2.05, 4.69) is 10.5 Å². The molecule has 122 valence electrons. The van der Waals surface area contributed by atoms with Crippen molar-refractivity contribution in [2.75, 3.05) is 6.61 Å². The SMILES string of the molecule is CCOc1ccccc1C(=O)NCc1cc(-c2ccccc2)on1. The molecule has 5 heteroatoms. The van der Waals surface area contributed by atoms with Gasteiger partial charge in [0.2, 0.25) is 0 Å². The molecule has 0 radical (unpaired) electrons. The van der Waals surface area contributed by atoms with Crippen molar-refractivity contribution in [2.24, 2.45) is 0 Å². The fourth-order valence-corrected chi connectivity index (χ4v) is 2.34. The van der Waals surface area contributed by atoms with Gasteiger partial charge in [0, 0.05) is 11.6 Å². The van der Waals surface area contributed by atoms with Gasteiger partial charge in [0.05, 0.1) is 18.7 Å². The number of carbonyl (C=O) groups is 1. The first-order valence-corrected chi connectivity index (χ1v) is 7.79. The van der Waals surface area contributed by atoms with Crippen LogP contribution in [0.1, 0.15) is 23.0 Å². The minimum Gasteiger partial charge on any atom is -0.493 e. The van der Waals surface area contributed by atoms with Crippen molar-refractivity contribution >= 4 is 5.91 Å². The van der Waals surface area contributed by atoms with Crippen LogP contribution in [-0.2, 0) is 6.54 Å². The zero-order valence-electron chi connectivity index (χ0n) is 13.4. The zero-order chi connectivity index (χ0) is 16.8. The molecule has 0 fully saturated rings. The van der Waals surface area contributed by atoms with E-state index in [9.17, 15) is 4.79 Å². The summed E-state index contributed by atoms with van der Waals surface area (Å²) in [4.78, 5) is 12.3. The second kappa shape index (κ2) is 7.46. The van der Waals surface area contributed by atoms with Crippen molar-refractivity contribution in [1.29, 1.82) is 0 Å². The van der Waals surface area contributed by atoms with Crippen molar-refractivity contribution in [3.8, 4) is 17.1 Å². The number of amides is 1. The summed E-state index contributed by atoms with van der Waals surface area (Å²) < 4.78 is 10.8. The van der Waals surface area contributed by atoms with E-state index in [4.69, 9.17) is 9.26 Å². The first-order valence-electron chi connectivity index (χ1n) is 7.79. The Labute approximate surface area is 140 Å². The number of nitrogens with zero attached hydrogens (tertiary/aromatic N) is 1. The topological polar surface area (TPSA) is 64.4 Å². The van der Waals surface area contributed by atoms with Crippen molar-refractivity contribution in [3.05, 3.63) is 71.9 Å². The van der Waals surface area contributed by atoms with E-state index in [-0.39, 0.29) is 12.5 Å². The van der Waals surface area contributed by atoms with Gasteiger partial charge >= 0.3 is 0 Å². The molecule has 5 nitrogen and oxygen atoms in total. The molecule has 0 bridgehead atoms. The summed E-state index contributed by atoms with van der Waals surface area (Å²) in [5, 5.41) is 6.83. The minimum atomic E-state index is -0.205. The van der Waals surface area contributed by atoms with E-state index >= 15 is 0 Å². The highest BCUT2D eigenvalue weighted by Gasteiger charge is 2.13. The lowest BCUT2D eigenvalue weighted by atomic mass is 10.1. The number of ether oxygens (including phenoxy) is 1. The Hall–Kier alpha value is -3.08. The van der Waals surface area contributed by atoms with Crippen LogP contribution in [0.5, 0.6) is 5.75 Å². The van der Waals surface area contributed by atoms with E-state index in [0.29, 0.717) is 29.4 Å². The lowest BCUT2D eigenvalue weighted by Crippen LogP contribution is -2.23. The van der Waals surface area contributed by atoms with Crippen molar-refractivity contribution < 1.29 is 14.1 Å². The van der Waals surface area contributed by atoms with Gasteiger partial charge in [-0.1, -0.05) is 47.6 Å². The molecule has 1 N–H and O–H groups in total. The summed E-state index contributed by atoms with van der Waals surface area (Å²) >= 11 is 0. The third kappa shape index (κ3) is 3.63. The third-order valence-electron chi connectivity index (χ3n) is 3.48. The van der Waals surface area contributed by atoms with Crippen LogP contribution in [0.3, 0.4) is 0 Å². The maximum Gasteiger partial charge on any atom is 0.255 e. The molecule has 3 rings (SSSR count). The van der Waals surface area contributed by atoms with Crippen molar-refractivity contribution in [3.63, 3.8) is 0 Å². The largest absolute Gasteiger partial charge is 0.493 e. The van der Waals surface area contributed by atoms with Crippen LogP contribution >= 0.6 is 0 Å². The van der Waals surface area contributed by atoms with E-state index in [1.165, 1.54) is 0 Å². The second-order valence-corrected chi connectivity index (χ2v) is 5.16. The Bertz CT molecular complexity index is 812. The summed E-state index contributed by atoms with van der Waals surface area (Å²) in [6.07, 6.45) is 0. The van der Waals surface area contributed by atoms with E-state index in [1.807, 2.05) is 49.4 Å². The number of carbonyl (C=O) groups excluding carboxylic acids is 1. The zero-order valence-corrected chi connectivity index (χ0v) is 13.4. The summed E-state index contributed by atoms with van der Waals surface area (Å²) in [6, 6.07) is 18.7. The molecule has 0 unspecified atom stereocenters. The molecule has 24 heavy (non-hydrogen) atoms. The predicted octanol–water partition coefficient (Wildman–Crippen LogP) is 3.67. The monoisotopic (exact) mass is 322 g/mol. The fraction of sp³-hybridized carbons (Fsp3) is 0.158. The second-order valence-electron chi connectivity index (χ2n) is 5.16. The van der Waals surface area contributed by atoms with E-state index < -0.39 is 0 Å². The highest BCUT2D eigenvalue weighted by molar-refractivity contribution is 5.96. The van der Waals surface area contributed by atoms with Crippen LogP contribution in [0.25, 0.3) is 11.3 Å². The molecule has 3 aromatic rings. The lowest BCUT2D eigenvalue weighted by Gasteiger charge is -2.09. The maximum absolute atomic E-state index is 12.3. The Morgan fingerprint density at radius 3 is 2.67 bits per heavy atom. The molecule has 0 atom stereocenters. The average Bonchev–Trinajstić information content (AvgIpc) is 3.10. The quantitative estimate of drug-likeness (QED) is 0.752.